The monoisotopic (exact) mass is 423 g/mol. The molecule has 1 aliphatic heterocycles. The van der Waals surface area contributed by atoms with Gasteiger partial charge in [0.25, 0.3) is 0 Å². The summed E-state index contributed by atoms with van der Waals surface area (Å²) in [5.41, 5.74) is 3.14. The van der Waals surface area contributed by atoms with Gasteiger partial charge in [0.2, 0.25) is 11.8 Å². The first kappa shape index (κ1) is 20.5. The van der Waals surface area contributed by atoms with Crippen molar-refractivity contribution in [3.8, 4) is 0 Å². The minimum atomic E-state index is -0.169. The maximum absolute atomic E-state index is 12.9. The fraction of sp³-hybridized carbons (Fsp3) is 0.333. The van der Waals surface area contributed by atoms with E-state index in [1.54, 1.807) is 11.8 Å². The van der Waals surface area contributed by atoms with E-state index in [4.69, 9.17) is 11.6 Å². The fourth-order valence-electron chi connectivity index (χ4n) is 4.35. The van der Waals surface area contributed by atoms with Crippen LogP contribution in [0.25, 0.3) is 10.9 Å². The van der Waals surface area contributed by atoms with Gasteiger partial charge >= 0.3 is 0 Å². The van der Waals surface area contributed by atoms with Crippen LogP contribution in [0.3, 0.4) is 0 Å². The third-order valence-corrected chi connectivity index (χ3v) is 6.34. The summed E-state index contributed by atoms with van der Waals surface area (Å²) in [5.74, 6) is -0.220. The van der Waals surface area contributed by atoms with E-state index in [1.807, 2.05) is 48.7 Å². The Morgan fingerprint density at radius 2 is 1.93 bits per heavy atom. The number of carbonyl (C=O) groups is 2. The highest BCUT2D eigenvalue weighted by Crippen LogP contribution is 2.34. The van der Waals surface area contributed by atoms with Crippen molar-refractivity contribution >= 4 is 34.3 Å². The number of hydrogen-bond acceptors (Lipinski definition) is 2. The molecular formula is C24H26ClN3O2. The molecule has 156 valence electrons. The number of nitrogens with zero attached hydrogens (tertiary/aromatic N) is 1. The lowest BCUT2D eigenvalue weighted by molar-refractivity contribution is -0.133. The maximum Gasteiger partial charge on any atom is 0.224 e. The van der Waals surface area contributed by atoms with Gasteiger partial charge < -0.3 is 15.2 Å². The molecular weight excluding hydrogens is 398 g/mol. The molecule has 0 bridgehead atoms. The summed E-state index contributed by atoms with van der Waals surface area (Å²) in [6.45, 7) is 3.23. The zero-order chi connectivity index (χ0) is 21.1. The number of benzene rings is 2. The van der Waals surface area contributed by atoms with Crippen LogP contribution in [0, 0.1) is 5.92 Å². The zero-order valence-electron chi connectivity index (χ0n) is 17.0. The number of fused-ring (bicyclic) bond motifs is 1. The number of likely N-dealkylation sites (tertiary alicyclic amines) is 1. The molecule has 1 saturated heterocycles. The van der Waals surface area contributed by atoms with Crippen LogP contribution in [-0.4, -0.2) is 41.3 Å². The molecule has 3 aromatic rings. The Morgan fingerprint density at radius 1 is 1.17 bits per heavy atom. The number of H-pyrrole nitrogens is 1. The Morgan fingerprint density at radius 3 is 2.73 bits per heavy atom. The summed E-state index contributed by atoms with van der Waals surface area (Å²) >= 11 is 6.54. The fourth-order valence-corrected chi connectivity index (χ4v) is 4.62. The van der Waals surface area contributed by atoms with Crippen molar-refractivity contribution in [2.45, 2.75) is 25.7 Å². The van der Waals surface area contributed by atoms with Gasteiger partial charge in [0.1, 0.15) is 0 Å². The highest BCUT2D eigenvalue weighted by Gasteiger charge is 2.28. The van der Waals surface area contributed by atoms with Crippen molar-refractivity contribution in [3.63, 3.8) is 0 Å². The van der Waals surface area contributed by atoms with Crippen LogP contribution in [0.15, 0.2) is 54.7 Å². The van der Waals surface area contributed by atoms with Gasteiger partial charge in [-0.1, -0.05) is 48.0 Å². The summed E-state index contributed by atoms with van der Waals surface area (Å²) < 4.78 is 0. The molecule has 2 atom stereocenters. The van der Waals surface area contributed by atoms with Gasteiger partial charge in [0.15, 0.2) is 0 Å². The number of aromatic amines is 1. The van der Waals surface area contributed by atoms with Crippen LogP contribution in [0.5, 0.6) is 0 Å². The first-order valence-corrected chi connectivity index (χ1v) is 10.8. The zero-order valence-corrected chi connectivity index (χ0v) is 17.8. The van der Waals surface area contributed by atoms with E-state index in [1.165, 1.54) is 0 Å². The number of aromatic nitrogens is 1. The van der Waals surface area contributed by atoms with Crippen LogP contribution in [0.1, 0.15) is 36.8 Å². The van der Waals surface area contributed by atoms with E-state index in [9.17, 15) is 9.59 Å². The van der Waals surface area contributed by atoms with Gasteiger partial charge in [0, 0.05) is 54.6 Å². The van der Waals surface area contributed by atoms with Gasteiger partial charge in [-0.15, -0.1) is 0 Å². The van der Waals surface area contributed by atoms with Crippen molar-refractivity contribution < 1.29 is 9.59 Å². The van der Waals surface area contributed by atoms with Crippen molar-refractivity contribution in [2.75, 3.05) is 19.6 Å². The van der Waals surface area contributed by atoms with E-state index >= 15 is 0 Å². The summed E-state index contributed by atoms with van der Waals surface area (Å²) in [4.78, 5) is 29.7. The summed E-state index contributed by atoms with van der Waals surface area (Å²) in [6.07, 6.45) is 3.66. The number of piperidine rings is 1. The molecule has 5 nitrogen and oxygen atoms in total. The molecule has 30 heavy (non-hydrogen) atoms. The summed E-state index contributed by atoms with van der Waals surface area (Å²) in [6, 6.07) is 15.9. The van der Waals surface area contributed by atoms with E-state index in [-0.39, 0.29) is 23.7 Å². The highest BCUT2D eigenvalue weighted by atomic mass is 35.5. The van der Waals surface area contributed by atoms with Gasteiger partial charge in [-0.2, -0.15) is 0 Å². The number of carbonyl (C=O) groups excluding carboxylic acids is 2. The van der Waals surface area contributed by atoms with Crippen molar-refractivity contribution in [2.24, 2.45) is 5.92 Å². The molecule has 2 N–H and O–H groups in total. The maximum atomic E-state index is 12.9. The highest BCUT2D eigenvalue weighted by molar-refractivity contribution is 6.31. The van der Waals surface area contributed by atoms with Crippen LogP contribution in [0.2, 0.25) is 5.02 Å². The quantitative estimate of drug-likeness (QED) is 0.641. The minimum Gasteiger partial charge on any atom is -0.361 e. The van der Waals surface area contributed by atoms with Crippen molar-refractivity contribution in [1.29, 1.82) is 0 Å². The Balaban J connectivity index is 1.57. The van der Waals surface area contributed by atoms with Crippen LogP contribution < -0.4 is 5.32 Å². The van der Waals surface area contributed by atoms with Gasteiger partial charge in [-0.3, -0.25) is 9.59 Å². The van der Waals surface area contributed by atoms with E-state index < -0.39 is 0 Å². The predicted molar refractivity (Wildman–Crippen MR) is 120 cm³/mol. The third-order valence-electron chi connectivity index (χ3n) is 6.00. The number of halogens is 1. The largest absolute Gasteiger partial charge is 0.361 e. The number of amides is 2. The third kappa shape index (κ3) is 4.21. The second-order valence-corrected chi connectivity index (χ2v) is 8.32. The molecule has 2 heterocycles. The first-order chi connectivity index (χ1) is 14.5. The molecule has 2 aromatic carbocycles. The van der Waals surface area contributed by atoms with Gasteiger partial charge in [0.05, 0.1) is 5.92 Å². The number of rotatable bonds is 5. The molecule has 6 heteroatoms. The number of hydrogen-bond donors (Lipinski definition) is 2. The molecule has 0 unspecified atom stereocenters. The van der Waals surface area contributed by atoms with Crippen LogP contribution >= 0.6 is 11.6 Å². The molecule has 0 radical (unpaired) electrons. The SMILES string of the molecule is CC(=O)N1CCC[C@@H](C(=O)NC[C@H](c2ccccc2Cl)c2c[nH]c3ccccc23)C1. The Labute approximate surface area is 181 Å². The van der Waals surface area contributed by atoms with Crippen LogP contribution in [-0.2, 0) is 9.59 Å². The van der Waals surface area contributed by atoms with Gasteiger partial charge in [-0.05, 0) is 36.1 Å². The number of nitrogens with one attached hydrogen (secondary N) is 2. The molecule has 4 rings (SSSR count). The standard InChI is InChI=1S/C24H26ClN3O2/c1-16(29)28-12-6-7-17(15-28)24(30)27-14-20(18-8-2-4-10-22(18)25)21-13-26-23-11-5-3-9-19(21)23/h2-5,8-11,13,17,20,26H,6-7,12,14-15H2,1H3,(H,27,30)/t17-,20-/m1/s1. The molecule has 2 amide bonds. The smallest absolute Gasteiger partial charge is 0.224 e. The molecule has 1 aromatic heterocycles. The Hall–Kier alpha value is -2.79. The van der Waals surface area contributed by atoms with Gasteiger partial charge in [-0.25, -0.2) is 0 Å². The predicted octanol–water partition coefficient (Wildman–Crippen LogP) is 4.33. The topological polar surface area (TPSA) is 65.2 Å². The van der Waals surface area contributed by atoms with E-state index in [2.05, 4.69) is 16.4 Å². The average Bonchev–Trinajstić information content (AvgIpc) is 3.19. The molecule has 0 spiro atoms. The minimum absolute atomic E-state index is 0.00200. The van der Waals surface area contributed by atoms with E-state index in [0.29, 0.717) is 18.1 Å². The normalized spacial score (nSPS) is 17.7. The second kappa shape index (κ2) is 8.92. The Kier molecular flexibility index (Phi) is 6.09. The first-order valence-electron chi connectivity index (χ1n) is 10.4. The molecule has 0 aliphatic carbocycles. The molecule has 1 aliphatic rings. The lowest BCUT2D eigenvalue weighted by atomic mass is 9.90. The van der Waals surface area contributed by atoms with Crippen molar-refractivity contribution in [1.82, 2.24) is 15.2 Å². The van der Waals surface area contributed by atoms with Crippen molar-refractivity contribution in [3.05, 3.63) is 70.9 Å². The lowest BCUT2D eigenvalue weighted by Crippen LogP contribution is -2.45. The summed E-state index contributed by atoms with van der Waals surface area (Å²) in [7, 11) is 0. The second-order valence-electron chi connectivity index (χ2n) is 7.91. The average molecular weight is 424 g/mol. The summed E-state index contributed by atoms with van der Waals surface area (Å²) in [5, 5.41) is 4.95. The Bertz CT molecular complexity index is 1060. The molecule has 0 saturated carbocycles. The van der Waals surface area contributed by atoms with Crippen LogP contribution in [0.4, 0.5) is 0 Å². The molecule has 1 fully saturated rings. The van der Waals surface area contributed by atoms with E-state index in [0.717, 1.165) is 41.4 Å². The lowest BCUT2D eigenvalue weighted by Gasteiger charge is -2.31. The number of para-hydroxylation sites is 1.